The Balaban J connectivity index is 1.70. The summed E-state index contributed by atoms with van der Waals surface area (Å²) in [5.41, 5.74) is 1.34. The molecule has 3 rings (SSSR count). The third-order valence-corrected chi connectivity index (χ3v) is 4.79. The molecule has 0 nitrogen and oxygen atoms in total. The van der Waals surface area contributed by atoms with Crippen molar-refractivity contribution >= 4 is 15.9 Å². The lowest BCUT2D eigenvalue weighted by Crippen LogP contribution is -2.21. The summed E-state index contributed by atoms with van der Waals surface area (Å²) in [7, 11) is 0. The van der Waals surface area contributed by atoms with Crippen molar-refractivity contribution in [3.05, 3.63) is 71.9 Å². The lowest BCUT2D eigenvalue weighted by Gasteiger charge is -2.33. The molecule has 6 radical (unpaired) electrons. The van der Waals surface area contributed by atoms with Gasteiger partial charge < -0.3 is 0 Å². The van der Waals surface area contributed by atoms with Crippen molar-refractivity contribution in [3.8, 4) is 0 Å². The van der Waals surface area contributed by atoms with Crippen LogP contribution in [0.25, 0.3) is 0 Å². The third-order valence-electron chi connectivity index (χ3n) is 4.10. The van der Waals surface area contributed by atoms with Gasteiger partial charge in [-0.1, -0.05) is 59.5 Å². The van der Waals surface area contributed by atoms with E-state index in [0.717, 1.165) is 5.92 Å². The van der Waals surface area contributed by atoms with E-state index in [1.807, 2.05) is 0 Å². The van der Waals surface area contributed by atoms with Crippen molar-refractivity contribution in [1.29, 1.82) is 0 Å². The van der Waals surface area contributed by atoms with Crippen LogP contribution in [-0.2, 0) is 0 Å². The molecule has 0 aliphatic heterocycles. The summed E-state index contributed by atoms with van der Waals surface area (Å²) in [6.45, 7) is 0. The largest absolute Gasteiger partial charge is 0.0811 e. The Morgan fingerprint density at radius 2 is 1.68 bits per heavy atom. The number of hydrogen-bond donors (Lipinski definition) is 0. The zero-order chi connectivity index (χ0) is 13.1. The maximum atomic E-state index is 3.63. The summed E-state index contributed by atoms with van der Waals surface area (Å²) in [6.07, 6.45) is 24.7. The molecule has 0 aromatic carbocycles. The van der Waals surface area contributed by atoms with E-state index in [0.29, 0.717) is 0 Å². The van der Waals surface area contributed by atoms with Crippen molar-refractivity contribution in [2.75, 3.05) is 0 Å². The second kappa shape index (κ2) is 6.43. The van der Waals surface area contributed by atoms with E-state index in [4.69, 9.17) is 0 Å². The lowest BCUT2D eigenvalue weighted by atomic mass is 9.72. The SMILES string of the molecule is BrC1=CC=C(/C=C/C2CCCCC2)[C]2[CH][CH][CH][CH][C]21. The van der Waals surface area contributed by atoms with E-state index in [1.165, 1.54) is 54.0 Å². The molecule has 0 heterocycles. The normalized spacial score (nSPS) is 27.2. The fraction of sp³-hybridized carbons (Fsp3) is 0.333. The topological polar surface area (TPSA) is 0 Å². The molecule has 3 aliphatic carbocycles. The molecule has 2 fully saturated rings. The van der Waals surface area contributed by atoms with Crippen molar-refractivity contribution in [3.63, 3.8) is 0 Å². The van der Waals surface area contributed by atoms with E-state index in [-0.39, 0.29) is 0 Å². The van der Waals surface area contributed by atoms with Crippen LogP contribution in [0.5, 0.6) is 0 Å². The third kappa shape index (κ3) is 3.24. The van der Waals surface area contributed by atoms with Gasteiger partial charge in [-0.2, -0.15) is 0 Å². The zero-order valence-corrected chi connectivity index (χ0v) is 12.7. The van der Waals surface area contributed by atoms with Gasteiger partial charge >= 0.3 is 0 Å². The maximum absolute atomic E-state index is 3.63. The van der Waals surface area contributed by atoms with E-state index in [9.17, 15) is 0 Å². The minimum Gasteiger partial charge on any atom is -0.0811 e. The number of rotatable bonds is 2. The number of halogens is 1. The average molecular weight is 315 g/mol. The Morgan fingerprint density at radius 3 is 2.47 bits per heavy atom. The quantitative estimate of drug-likeness (QED) is 0.647. The highest BCUT2D eigenvalue weighted by Crippen LogP contribution is 2.46. The Kier molecular flexibility index (Phi) is 4.63. The molecular weight excluding hydrogens is 296 g/mol. The predicted octanol–water partition coefficient (Wildman–Crippen LogP) is 5.32. The number of hydrogen-bond acceptors (Lipinski definition) is 0. The number of allylic oxidation sites excluding steroid dienone is 6. The summed E-state index contributed by atoms with van der Waals surface area (Å²) < 4.78 is 1.18. The van der Waals surface area contributed by atoms with E-state index in [2.05, 4.69) is 65.9 Å². The summed E-state index contributed by atoms with van der Waals surface area (Å²) >= 11 is 3.63. The van der Waals surface area contributed by atoms with Gasteiger partial charge in [0.15, 0.2) is 0 Å². The van der Waals surface area contributed by atoms with Crippen molar-refractivity contribution in [2.24, 2.45) is 5.92 Å². The van der Waals surface area contributed by atoms with E-state index in [1.54, 1.807) is 0 Å². The average Bonchev–Trinajstić information content (AvgIpc) is 2.48. The molecule has 0 atom stereocenters. The van der Waals surface area contributed by atoms with Gasteiger partial charge in [-0.15, -0.1) is 0 Å². The second-order valence-corrected chi connectivity index (χ2v) is 6.29. The molecule has 3 aliphatic rings. The first-order valence-electron chi connectivity index (χ1n) is 7.20. The molecule has 0 aromatic rings. The van der Waals surface area contributed by atoms with E-state index < -0.39 is 0 Å². The first-order chi connectivity index (χ1) is 9.34. The molecule has 0 spiro atoms. The molecule has 0 unspecified atom stereocenters. The fourth-order valence-corrected chi connectivity index (χ4v) is 3.48. The molecule has 1 heteroatoms. The highest BCUT2D eigenvalue weighted by atomic mass is 79.9. The van der Waals surface area contributed by atoms with Crippen LogP contribution in [0, 0.1) is 43.4 Å². The standard InChI is InChI=1S/C18H19Br/c19-18-13-12-15(16-8-4-5-9-17(16)18)11-10-14-6-2-1-3-7-14/h4-5,8-14H,1-3,6-7H2/b11-10+. The molecule has 0 N–H and O–H groups in total. The first kappa shape index (κ1) is 13.7. The highest BCUT2D eigenvalue weighted by molar-refractivity contribution is 9.11. The predicted molar refractivity (Wildman–Crippen MR) is 84.5 cm³/mol. The molecule has 0 saturated heterocycles. The van der Waals surface area contributed by atoms with Gasteiger partial charge in [0.05, 0.1) is 0 Å². The van der Waals surface area contributed by atoms with Crippen LogP contribution in [0.4, 0.5) is 0 Å². The highest BCUT2D eigenvalue weighted by Gasteiger charge is 2.32. The Labute approximate surface area is 126 Å². The van der Waals surface area contributed by atoms with Crippen molar-refractivity contribution in [1.82, 2.24) is 0 Å². The van der Waals surface area contributed by atoms with Crippen LogP contribution in [-0.4, -0.2) is 0 Å². The molecule has 98 valence electrons. The summed E-state index contributed by atoms with van der Waals surface area (Å²) in [5, 5.41) is 0. The summed E-state index contributed by atoms with van der Waals surface area (Å²) in [6, 6.07) is 0. The monoisotopic (exact) mass is 314 g/mol. The molecule has 2 saturated carbocycles. The summed E-state index contributed by atoms with van der Waals surface area (Å²) in [5.74, 6) is 3.42. The molecule has 0 aromatic heterocycles. The van der Waals surface area contributed by atoms with E-state index >= 15 is 0 Å². The van der Waals surface area contributed by atoms with Gasteiger partial charge in [-0.25, -0.2) is 0 Å². The Morgan fingerprint density at radius 1 is 0.947 bits per heavy atom. The fourth-order valence-electron chi connectivity index (χ4n) is 3.00. The second-order valence-electron chi connectivity index (χ2n) is 5.44. The van der Waals surface area contributed by atoms with Gasteiger partial charge in [-0.3, -0.25) is 0 Å². The number of fused-ring (bicyclic) bond motifs is 1. The van der Waals surface area contributed by atoms with Crippen LogP contribution >= 0.6 is 15.9 Å². The van der Waals surface area contributed by atoms with Crippen LogP contribution in [0.1, 0.15) is 32.1 Å². The minimum absolute atomic E-state index is 0.788. The van der Waals surface area contributed by atoms with Gasteiger partial charge in [0, 0.05) is 16.3 Å². The Bertz CT molecular complexity index is 396. The summed E-state index contributed by atoms with van der Waals surface area (Å²) in [4.78, 5) is 0. The molecule has 0 bridgehead atoms. The van der Waals surface area contributed by atoms with Crippen LogP contribution in [0.15, 0.2) is 34.4 Å². The van der Waals surface area contributed by atoms with Gasteiger partial charge in [0.1, 0.15) is 0 Å². The smallest absolute Gasteiger partial charge is 0.0275 e. The molecule has 0 amide bonds. The lowest BCUT2D eigenvalue weighted by molar-refractivity contribution is 0.419. The van der Waals surface area contributed by atoms with Gasteiger partial charge in [0.2, 0.25) is 0 Å². The minimum atomic E-state index is 0.788. The van der Waals surface area contributed by atoms with Gasteiger partial charge in [0.25, 0.3) is 0 Å². The first-order valence-corrected chi connectivity index (χ1v) is 7.99. The van der Waals surface area contributed by atoms with Crippen molar-refractivity contribution in [2.45, 2.75) is 32.1 Å². The Hall–Kier alpha value is -0.300. The van der Waals surface area contributed by atoms with Gasteiger partial charge in [-0.05, 0) is 50.0 Å². The molecule has 19 heavy (non-hydrogen) atoms. The van der Waals surface area contributed by atoms with Crippen LogP contribution < -0.4 is 0 Å². The molecular formula is C18H19Br. The van der Waals surface area contributed by atoms with Crippen molar-refractivity contribution < 1.29 is 0 Å². The van der Waals surface area contributed by atoms with Crippen LogP contribution in [0.2, 0.25) is 0 Å². The van der Waals surface area contributed by atoms with Crippen LogP contribution in [0.3, 0.4) is 0 Å². The maximum Gasteiger partial charge on any atom is 0.0275 e. The zero-order valence-electron chi connectivity index (χ0n) is 11.1.